The molecule has 2 saturated heterocycles. The molecular weight excluding hydrogens is 568 g/mol. The lowest BCUT2D eigenvalue weighted by Crippen LogP contribution is -2.47. The number of hydrogen-bond acceptors (Lipinski definition) is 8. The lowest BCUT2D eigenvalue weighted by Gasteiger charge is -2.49. The minimum absolute atomic E-state index is 0.0457. The predicted octanol–water partition coefficient (Wildman–Crippen LogP) is 6.12. The zero-order chi connectivity index (χ0) is 32.1. The third-order valence-electron chi connectivity index (χ3n) is 13.0. The van der Waals surface area contributed by atoms with E-state index in [1.807, 2.05) is 0 Å². The van der Waals surface area contributed by atoms with Gasteiger partial charge in [-0.1, -0.05) is 46.6 Å². The molecule has 12 atom stereocenters. The van der Waals surface area contributed by atoms with Gasteiger partial charge in [-0.3, -0.25) is 9.80 Å². The fourth-order valence-corrected chi connectivity index (χ4v) is 11.0. The van der Waals surface area contributed by atoms with Gasteiger partial charge in [0.1, 0.15) is 23.4 Å². The maximum Gasteiger partial charge on any atom is 0.157 e. The summed E-state index contributed by atoms with van der Waals surface area (Å²) < 4.78 is 6.72. The Labute approximate surface area is 267 Å². The molecule has 2 saturated carbocycles. The van der Waals surface area contributed by atoms with E-state index >= 15 is 0 Å². The summed E-state index contributed by atoms with van der Waals surface area (Å²) in [6.45, 7) is 11.2. The van der Waals surface area contributed by atoms with Gasteiger partial charge in [0.2, 0.25) is 0 Å². The monoisotopic (exact) mass is 620 g/mol. The molecule has 7 rings (SSSR count). The second kappa shape index (κ2) is 11.2. The van der Waals surface area contributed by atoms with Crippen LogP contribution in [0.3, 0.4) is 0 Å². The van der Waals surface area contributed by atoms with E-state index in [0.717, 1.165) is 31.5 Å². The van der Waals surface area contributed by atoms with Gasteiger partial charge in [0.05, 0.1) is 17.2 Å². The van der Waals surface area contributed by atoms with Crippen LogP contribution in [0.2, 0.25) is 0 Å². The maximum absolute atomic E-state index is 12.7. The lowest BCUT2D eigenvalue weighted by atomic mass is 9.68. The first-order valence-corrected chi connectivity index (χ1v) is 17.3. The molecule has 246 valence electrons. The van der Waals surface area contributed by atoms with Gasteiger partial charge < -0.3 is 30.3 Å². The van der Waals surface area contributed by atoms with Crippen LogP contribution >= 0.6 is 0 Å². The standard InChI is InChI=1S/C37H52N2O6/c1-17-7-10-22-19(3)15-38(5)32(28(17)22)30-34(43)24-14-27(42)36(21-9-12-25(40)26(41)13-21)45-37(24)31(35(30)44)33-29-18(2)8-11-23(29)20(4)16-39(33)6/h9,12-13,17-20,22-23,27-29,32-33,36,40-44H,7-8,10-11,14-16H2,1-6H3. The average Bonchev–Trinajstić information content (AvgIpc) is 3.57. The summed E-state index contributed by atoms with van der Waals surface area (Å²) >= 11 is 0. The Morgan fingerprint density at radius 1 is 0.689 bits per heavy atom. The van der Waals surface area contributed by atoms with Gasteiger partial charge in [0.15, 0.2) is 11.5 Å². The third-order valence-corrected chi connectivity index (χ3v) is 13.0. The van der Waals surface area contributed by atoms with Gasteiger partial charge in [-0.15, -0.1) is 0 Å². The molecule has 4 fully saturated rings. The smallest absolute Gasteiger partial charge is 0.157 e. The highest BCUT2D eigenvalue weighted by Gasteiger charge is 2.53. The van der Waals surface area contributed by atoms with Crippen molar-refractivity contribution in [3.63, 3.8) is 0 Å². The Balaban J connectivity index is 1.44. The van der Waals surface area contributed by atoms with Crippen molar-refractivity contribution >= 4 is 0 Å². The number of aliphatic hydroxyl groups is 1. The number of aromatic hydroxyl groups is 4. The van der Waals surface area contributed by atoms with Crippen LogP contribution < -0.4 is 4.74 Å². The number of phenolic OH excluding ortho intramolecular Hbond substituents is 4. The molecule has 5 aliphatic rings. The Kier molecular flexibility index (Phi) is 7.73. The van der Waals surface area contributed by atoms with Crippen LogP contribution in [0.15, 0.2) is 18.2 Å². The van der Waals surface area contributed by atoms with Crippen molar-refractivity contribution < 1.29 is 30.3 Å². The predicted molar refractivity (Wildman–Crippen MR) is 172 cm³/mol. The van der Waals surface area contributed by atoms with Crippen molar-refractivity contribution in [2.24, 2.45) is 47.3 Å². The Morgan fingerprint density at radius 3 is 1.80 bits per heavy atom. The van der Waals surface area contributed by atoms with E-state index in [4.69, 9.17) is 4.74 Å². The Bertz CT molecular complexity index is 1460. The van der Waals surface area contributed by atoms with Crippen molar-refractivity contribution in [1.29, 1.82) is 0 Å². The third kappa shape index (κ3) is 4.72. The molecule has 45 heavy (non-hydrogen) atoms. The summed E-state index contributed by atoms with van der Waals surface area (Å²) in [5.74, 6) is 3.84. The topological polar surface area (TPSA) is 117 Å². The van der Waals surface area contributed by atoms with E-state index in [0.29, 0.717) is 69.8 Å². The summed E-state index contributed by atoms with van der Waals surface area (Å²) in [5, 5.41) is 56.7. The highest BCUT2D eigenvalue weighted by atomic mass is 16.5. The zero-order valence-electron chi connectivity index (χ0n) is 27.6. The maximum atomic E-state index is 12.7. The fraction of sp³-hybridized carbons (Fsp3) is 0.676. The second-order valence-corrected chi connectivity index (χ2v) is 15.7. The minimum Gasteiger partial charge on any atom is -0.507 e. The van der Waals surface area contributed by atoms with Crippen LogP contribution in [-0.4, -0.2) is 68.6 Å². The number of rotatable bonds is 3. The van der Waals surface area contributed by atoms with Crippen molar-refractivity contribution in [2.45, 2.75) is 84.1 Å². The number of ether oxygens (including phenoxy) is 1. The van der Waals surface area contributed by atoms with E-state index in [1.165, 1.54) is 25.0 Å². The molecule has 12 unspecified atom stereocenters. The summed E-state index contributed by atoms with van der Waals surface area (Å²) in [6.07, 6.45) is 2.96. The van der Waals surface area contributed by atoms with Crippen LogP contribution in [0.1, 0.15) is 93.8 Å². The SMILES string of the molecule is CC1CN(C)C(c2c(O)c3c(c(C4C5C(C)CCC5C(C)CN4C)c2O)OC(c2ccc(O)c(O)c2)C(O)C3)C2C(C)CCC12. The average molecular weight is 621 g/mol. The highest BCUT2D eigenvalue weighted by Crippen LogP contribution is 2.62. The van der Waals surface area contributed by atoms with E-state index in [1.54, 1.807) is 6.07 Å². The summed E-state index contributed by atoms with van der Waals surface area (Å²) in [4.78, 5) is 4.72. The number of aliphatic hydroxyl groups excluding tert-OH is 1. The highest BCUT2D eigenvalue weighted by molar-refractivity contribution is 5.65. The van der Waals surface area contributed by atoms with Gasteiger partial charge in [-0.2, -0.15) is 0 Å². The molecular formula is C37H52N2O6. The Morgan fingerprint density at radius 2 is 1.24 bits per heavy atom. The molecule has 2 aliphatic carbocycles. The molecule has 2 aromatic carbocycles. The number of phenols is 4. The molecule has 8 nitrogen and oxygen atoms in total. The van der Waals surface area contributed by atoms with Gasteiger partial charge in [-0.25, -0.2) is 0 Å². The number of piperidine rings is 2. The van der Waals surface area contributed by atoms with E-state index in [2.05, 4.69) is 51.6 Å². The van der Waals surface area contributed by atoms with Crippen molar-refractivity contribution in [2.75, 3.05) is 27.2 Å². The van der Waals surface area contributed by atoms with E-state index in [9.17, 15) is 25.5 Å². The van der Waals surface area contributed by atoms with Crippen LogP contribution in [0.25, 0.3) is 0 Å². The largest absolute Gasteiger partial charge is 0.507 e. The normalized spacial score (nSPS) is 40.1. The molecule has 0 bridgehead atoms. The molecule has 5 N–H and O–H groups in total. The number of fused-ring (bicyclic) bond motifs is 3. The minimum atomic E-state index is -0.998. The van der Waals surface area contributed by atoms with Gasteiger partial charge in [0, 0.05) is 37.2 Å². The molecule has 8 heteroatoms. The molecule has 3 aliphatic heterocycles. The number of nitrogens with zero attached hydrogens (tertiary/aromatic N) is 2. The second-order valence-electron chi connectivity index (χ2n) is 15.7. The lowest BCUT2D eigenvalue weighted by molar-refractivity contribution is 0.00396. The summed E-state index contributed by atoms with van der Waals surface area (Å²) in [7, 11) is 4.28. The van der Waals surface area contributed by atoms with Crippen LogP contribution in [0.5, 0.6) is 28.7 Å². The van der Waals surface area contributed by atoms with Gasteiger partial charge >= 0.3 is 0 Å². The molecule has 3 heterocycles. The van der Waals surface area contributed by atoms with E-state index in [-0.39, 0.29) is 41.5 Å². The van der Waals surface area contributed by atoms with Crippen LogP contribution in [0, 0.1) is 47.3 Å². The number of benzene rings is 2. The van der Waals surface area contributed by atoms with Crippen molar-refractivity contribution in [3.8, 4) is 28.7 Å². The van der Waals surface area contributed by atoms with Gasteiger partial charge in [0.25, 0.3) is 0 Å². The number of likely N-dealkylation sites (tertiary alicyclic amines) is 2. The van der Waals surface area contributed by atoms with E-state index < -0.39 is 12.2 Å². The zero-order valence-corrected chi connectivity index (χ0v) is 27.6. The first-order chi connectivity index (χ1) is 21.4. The van der Waals surface area contributed by atoms with Crippen LogP contribution in [-0.2, 0) is 6.42 Å². The Hall–Kier alpha value is -2.68. The molecule has 0 radical (unpaired) electrons. The molecule has 0 amide bonds. The molecule has 0 aromatic heterocycles. The summed E-state index contributed by atoms with van der Waals surface area (Å²) in [6, 6.07) is 4.22. The first-order valence-electron chi connectivity index (χ1n) is 17.3. The fourth-order valence-electron chi connectivity index (χ4n) is 11.0. The molecule has 0 spiro atoms. The quantitative estimate of drug-likeness (QED) is 0.261. The summed E-state index contributed by atoms with van der Waals surface area (Å²) in [5.41, 5.74) is 2.43. The molecule has 2 aromatic rings. The first kappa shape index (κ1) is 30.9. The number of hydrogen-bond donors (Lipinski definition) is 5. The van der Waals surface area contributed by atoms with Crippen molar-refractivity contribution in [3.05, 3.63) is 40.5 Å². The van der Waals surface area contributed by atoms with Gasteiger partial charge in [-0.05, 0) is 92.0 Å². The van der Waals surface area contributed by atoms with Crippen molar-refractivity contribution in [1.82, 2.24) is 9.80 Å². The van der Waals surface area contributed by atoms with Crippen LogP contribution in [0.4, 0.5) is 0 Å².